The Balaban J connectivity index is 3.11. The van der Waals surface area contributed by atoms with Crippen LogP contribution in [0.5, 0.6) is 0 Å². The van der Waals surface area contributed by atoms with Crippen LogP contribution in [0, 0.1) is 0 Å². The highest BCUT2D eigenvalue weighted by atomic mass is 16.4. The second-order valence-electron chi connectivity index (χ2n) is 3.30. The number of anilines is 2. The Morgan fingerprint density at radius 2 is 2.31 bits per heavy atom. The minimum atomic E-state index is -1.05. The standard InChI is InChI=1S/C10H16N4O2/c1-2-6-5-7(13-4-3-11)14-9(12)8(6)10(15)16/h5H,2-4,11H2,1H3,(H,15,16)(H3,12,13,14). The van der Waals surface area contributed by atoms with Crippen molar-refractivity contribution in [2.24, 2.45) is 5.73 Å². The molecule has 0 atom stereocenters. The number of aryl methyl sites for hydroxylation is 1. The number of rotatable bonds is 5. The molecule has 0 radical (unpaired) electrons. The van der Waals surface area contributed by atoms with Crippen molar-refractivity contribution >= 4 is 17.6 Å². The molecule has 0 unspecified atom stereocenters. The van der Waals surface area contributed by atoms with Crippen LogP contribution in [0.3, 0.4) is 0 Å². The van der Waals surface area contributed by atoms with Crippen molar-refractivity contribution in [3.8, 4) is 0 Å². The van der Waals surface area contributed by atoms with Crippen molar-refractivity contribution in [3.63, 3.8) is 0 Å². The van der Waals surface area contributed by atoms with Gasteiger partial charge in [-0.2, -0.15) is 0 Å². The van der Waals surface area contributed by atoms with E-state index in [0.29, 0.717) is 30.9 Å². The number of nitrogens with one attached hydrogen (secondary N) is 1. The molecule has 16 heavy (non-hydrogen) atoms. The minimum Gasteiger partial charge on any atom is -0.478 e. The zero-order valence-electron chi connectivity index (χ0n) is 9.16. The highest BCUT2D eigenvalue weighted by Crippen LogP contribution is 2.20. The quantitative estimate of drug-likeness (QED) is 0.571. The molecule has 0 saturated heterocycles. The van der Waals surface area contributed by atoms with Crippen LogP contribution in [-0.2, 0) is 6.42 Å². The molecule has 1 heterocycles. The van der Waals surface area contributed by atoms with Crippen LogP contribution >= 0.6 is 0 Å². The number of nitrogens with two attached hydrogens (primary N) is 2. The van der Waals surface area contributed by atoms with E-state index < -0.39 is 5.97 Å². The molecule has 0 spiro atoms. The molecule has 0 aliphatic heterocycles. The fourth-order valence-electron chi connectivity index (χ4n) is 1.44. The lowest BCUT2D eigenvalue weighted by Gasteiger charge is -2.10. The predicted octanol–water partition coefficient (Wildman–Crippen LogP) is 0.295. The van der Waals surface area contributed by atoms with Crippen molar-refractivity contribution in [1.82, 2.24) is 4.98 Å². The summed E-state index contributed by atoms with van der Waals surface area (Å²) >= 11 is 0. The fourth-order valence-corrected chi connectivity index (χ4v) is 1.44. The summed E-state index contributed by atoms with van der Waals surface area (Å²) in [4.78, 5) is 14.9. The molecule has 6 heteroatoms. The van der Waals surface area contributed by atoms with E-state index in [1.165, 1.54) is 0 Å². The molecule has 6 nitrogen and oxygen atoms in total. The summed E-state index contributed by atoms with van der Waals surface area (Å²) in [5.41, 5.74) is 11.7. The number of carbonyl (C=O) groups is 1. The number of pyridine rings is 1. The summed E-state index contributed by atoms with van der Waals surface area (Å²) in [6, 6.07) is 1.69. The summed E-state index contributed by atoms with van der Waals surface area (Å²) in [6.07, 6.45) is 0.589. The first-order chi connectivity index (χ1) is 7.60. The van der Waals surface area contributed by atoms with Gasteiger partial charge in [0.05, 0.1) is 0 Å². The maximum atomic E-state index is 11.0. The molecule has 0 bridgehead atoms. The second-order valence-corrected chi connectivity index (χ2v) is 3.30. The van der Waals surface area contributed by atoms with E-state index in [1.54, 1.807) is 6.07 Å². The highest BCUT2D eigenvalue weighted by Gasteiger charge is 2.15. The lowest BCUT2D eigenvalue weighted by Crippen LogP contribution is -2.16. The number of hydrogen-bond donors (Lipinski definition) is 4. The zero-order valence-corrected chi connectivity index (χ0v) is 9.16. The van der Waals surface area contributed by atoms with Crippen LogP contribution < -0.4 is 16.8 Å². The number of aromatic carboxylic acids is 1. The number of carboxylic acid groups (broad SMARTS) is 1. The molecule has 1 rings (SSSR count). The maximum absolute atomic E-state index is 11.0. The Bertz CT molecular complexity index is 393. The number of nitrogen functional groups attached to an aromatic ring is 1. The van der Waals surface area contributed by atoms with Gasteiger partial charge in [0.2, 0.25) is 0 Å². The van der Waals surface area contributed by atoms with Gasteiger partial charge >= 0.3 is 5.97 Å². The van der Waals surface area contributed by atoms with Crippen LogP contribution in [0.15, 0.2) is 6.07 Å². The van der Waals surface area contributed by atoms with E-state index >= 15 is 0 Å². The largest absolute Gasteiger partial charge is 0.478 e. The molecule has 0 saturated carbocycles. The summed E-state index contributed by atoms with van der Waals surface area (Å²) in [5.74, 6) is -0.455. The summed E-state index contributed by atoms with van der Waals surface area (Å²) in [5, 5.41) is 12.0. The first kappa shape index (κ1) is 12.3. The van der Waals surface area contributed by atoms with E-state index in [2.05, 4.69) is 10.3 Å². The Labute approximate surface area is 93.7 Å². The molecule has 0 amide bonds. The van der Waals surface area contributed by atoms with Crippen LogP contribution in [0.4, 0.5) is 11.6 Å². The number of carboxylic acids is 1. The molecular weight excluding hydrogens is 208 g/mol. The van der Waals surface area contributed by atoms with E-state index in [1.807, 2.05) is 6.92 Å². The van der Waals surface area contributed by atoms with Crippen LogP contribution in [-0.4, -0.2) is 29.1 Å². The van der Waals surface area contributed by atoms with Gasteiger partial charge in [0.1, 0.15) is 17.2 Å². The number of nitrogens with zero attached hydrogens (tertiary/aromatic N) is 1. The molecule has 88 valence electrons. The van der Waals surface area contributed by atoms with Gasteiger partial charge in [-0.15, -0.1) is 0 Å². The number of aromatic nitrogens is 1. The SMILES string of the molecule is CCc1cc(NCCN)nc(N)c1C(=O)O. The van der Waals surface area contributed by atoms with E-state index in [0.717, 1.165) is 0 Å². The van der Waals surface area contributed by atoms with Crippen molar-refractivity contribution in [2.75, 3.05) is 24.1 Å². The van der Waals surface area contributed by atoms with E-state index in [9.17, 15) is 4.79 Å². The molecule has 1 aromatic rings. The fraction of sp³-hybridized carbons (Fsp3) is 0.400. The van der Waals surface area contributed by atoms with Gasteiger partial charge in [-0.3, -0.25) is 0 Å². The zero-order chi connectivity index (χ0) is 12.1. The van der Waals surface area contributed by atoms with Crippen molar-refractivity contribution in [3.05, 3.63) is 17.2 Å². The molecule has 1 aromatic heterocycles. The third-order valence-electron chi connectivity index (χ3n) is 2.17. The third kappa shape index (κ3) is 2.60. The second kappa shape index (κ2) is 5.32. The van der Waals surface area contributed by atoms with Crippen LogP contribution in [0.2, 0.25) is 0 Å². The van der Waals surface area contributed by atoms with Gasteiger partial charge in [-0.1, -0.05) is 6.92 Å². The van der Waals surface area contributed by atoms with Crippen molar-refractivity contribution < 1.29 is 9.90 Å². The summed E-state index contributed by atoms with van der Waals surface area (Å²) < 4.78 is 0. The highest BCUT2D eigenvalue weighted by molar-refractivity contribution is 5.94. The first-order valence-electron chi connectivity index (χ1n) is 5.06. The monoisotopic (exact) mass is 224 g/mol. The average molecular weight is 224 g/mol. The maximum Gasteiger partial charge on any atom is 0.339 e. The van der Waals surface area contributed by atoms with Gasteiger partial charge in [0.25, 0.3) is 0 Å². The Kier molecular flexibility index (Phi) is 4.07. The van der Waals surface area contributed by atoms with E-state index in [4.69, 9.17) is 16.6 Å². The lowest BCUT2D eigenvalue weighted by molar-refractivity contribution is 0.0696. The van der Waals surface area contributed by atoms with Crippen molar-refractivity contribution in [2.45, 2.75) is 13.3 Å². The topological polar surface area (TPSA) is 114 Å². The summed E-state index contributed by atoms with van der Waals surface area (Å²) in [7, 11) is 0. The Morgan fingerprint density at radius 3 is 2.81 bits per heavy atom. The van der Waals surface area contributed by atoms with Gasteiger partial charge in [0.15, 0.2) is 0 Å². The Hall–Kier alpha value is -1.82. The normalized spacial score (nSPS) is 10.1. The molecule has 0 aliphatic carbocycles. The predicted molar refractivity (Wildman–Crippen MR) is 62.5 cm³/mol. The Morgan fingerprint density at radius 1 is 1.62 bits per heavy atom. The van der Waals surface area contributed by atoms with Gasteiger partial charge < -0.3 is 21.9 Å². The lowest BCUT2D eigenvalue weighted by atomic mass is 10.1. The summed E-state index contributed by atoms with van der Waals surface area (Å²) in [6.45, 7) is 2.92. The van der Waals surface area contributed by atoms with Gasteiger partial charge in [-0.25, -0.2) is 9.78 Å². The van der Waals surface area contributed by atoms with Crippen LogP contribution in [0.25, 0.3) is 0 Å². The van der Waals surface area contributed by atoms with Crippen LogP contribution in [0.1, 0.15) is 22.8 Å². The molecule has 0 aromatic carbocycles. The smallest absolute Gasteiger partial charge is 0.339 e. The molecule has 0 aliphatic rings. The first-order valence-corrected chi connectivity index (χ1v) is 5.06. The number of hydrogen-bond acceptors (Lipinski definition) is 5. The third-order valence-corrected chi connectivity index (χ3v) is 2.17. The van der Waals surface area contributed by atoms with Crippen molar-refractivity contribution in [1.29, 1.82) is 0 Å². The minimum absolute atomic E-state index is 0.0337. The van der Waals surface area contributed by atoms with Gasteiger partial charge in [0, 0.05) is 13.1 Å². The van der Waals surface area contributed by atoms with E-state index in [-0.39, 0.29) is 11.4 Å². The average Bonchev–Trinajstić information content (AvgIpc) is 2.24. The molecular formula is C10H16N4O2. The molecule has 6 N–H and O–H groups in total. The van der Waals surface area contributed by atoms with Gasteiger partial charge in [-0.05, 0) is 18.1 Å². The molecule has 0 fully saturated rings.